The van der Waals surface area contributed by atoms with Gasteiger partial charge >= 0.3 is 6.18 Å². The van der Waals surface area contributed by atoms with Crippen LogP contribution in [0.3, 0.4) is 0 Å². The van der Waals surface area contributed by atoms with Crippen LogP contribution in [0.1, 0.15) is 22.9 Å². The van der Waals surface area contributed by atoms with Crippen LogP contribution in [0.2, 0.25) is 0 Å². The predicted octanol–water partition coefficient (Wildman–Crippen LogP) is 4.08. The van der Waals surface area contributed by atoms with E-state index in [-0.39, 0.29) is 16.8 Å². The highest BCUT2D eigenvalue weighted by atomic mass is 79.9. The Morgan fingerprint density at radius 3 is 2.60 bits per heavy atom. The second-order valence-corrected chi connectivity index (χ2v) is 5.07. The molecule has 0 aromatic carbocycles. The van der Waals surface area contributed by atoms with Crippen molar-refractivity contribution in [3.8, 4) is 0 Å². The summed E-state index contributed by atoms with van der Waals surface area (Å²) in [4.78, 5) is 7.83. The third kappa shape index (κ3) is 3.30. The molecule has 2 rings (SSSR count). The molecule has 0 aliphatic carbocycles. The van der Waals surface area contributed by atoms with Gasteiger partial charge in [-0.3, -0.25) is 0 Å². The molecule has 0 fully saturated rings. The first-order valence-corrected chi connectivity index (χ1v) is 6.46. The first kappa shape index (κ1) is 14.8. The molecule has 2 aromatic heterocycles. The lowest BCUT2D eigenvalue weighted by atomic mass is 10.2. The Bertz CT molecular complexity index is 605. The summed E-state index contributed by atoms with van der Waals surface area (Å²) in [5, 5.41) is 2.60. The van der Waals surface area contributed by atoms with Crippen LogP contribution in [0.25, 0.3) is 0 Å². The summed E-state index contributed by atoms with van der Waals surface area (Å²) < 4.78 is 44.2. The lowest BCUT2D eigenvalue weighted by molar-refractivity contribution is -0.137. The van der Waals surface area contributed by atoms with Crippen LogP contribution in [0, 0.1) is 13.8 Å². The molecule has 0 spiro atoms. The molecular weight excluding hydrogens is 339 g/mol. The van der Waals surface area contributed by atoms with Gasteiger partial charge in [-0.1, -0.05) is 0 Å². The van der Waals surface area contributed by atoms with Crippen molar-refractivity contribution >= 4 is 21.7 Å². The van der Waals surface area contributed by atoms with E-state index in [1.54, 1.807) is 13.8 Å². The maximum absolute atomic E-state index is 12.9. The minimum atomic E-state index is -4.48. The fraction of sp³-hybridized carbons (Fsp3) is 0.333. The molecule has 108 valence electrons. The van der Waals surface area contributed by atoms with Gasteiger partial charge in [-0.25, -0.2) is 9.97 Å². The molecule has 4 nitrogen and oxygen atoms in total. The molecule has 0 unspecified atom stereocenters. The van der Waals surface area contributed by atoms with Crippen molar-refractivity contribution in [1.82, 2.24) is 9.97 Å². The van der Waals surface area contributed by atoms with Crippen molar-refractivity contribution in [1.29, 1.82) is 0 Å². The monoisotopic (exact) mass is 349 g/mol. The number of aryl methyl sites for hydroxylation is 2. The Labute approximate surface area is 121 Å². The predicted molar refractivity (Wildman–Crippen MR) is 70.2 cm³/mol. The van der Waals surface area contributed by atoms with E-state index in [0.717, 1.165) is 6.07 Å². The number of rotatable bonds is 3. The summed E-state index contributed by atoms with van der Waals surface area (Å²) in [5.41, 5.74) is -0.131. The molecule has 0 aliphatic rings. The van der Waals surface area contributed by atoms with E-state index in [4.69, 9.17) is 4.42 Å². The van der Waals surface area contributed by atoms with E-state index in [2.05, 4.69) is 31.2 Å². The van der Waals surface area contributed by atoms with Crippen molar-refractivity contribution in [2.45, 2.75) is 26.6 Å². The van der Waals surface area contributed by atoms with Gasteiger partial charge in [0.2, 0.25) is 5.89 Å². The molecule has 2 heterocycles. The van der Waals surface area contributed by atoms with E-state index < -0.39 is 11.7 Å². The number of nitrogens with zero attached hydrogens (tertiary/aromatic N) is 2. The van der Waals surface area contributed by atoms with E-state index in [0.29, 0.717) is 17.3 Å². The van der Waals surface area contributed by atoms with Gasteiger partial charge in [-0.05, 0) is 35.8 Å². The number of alkyl halides is 3. The van der Waals surface area contributed by atoms with Gasteiger partial charge < -0.3 is 9.73 Å². The highest BCUT2D eigenvalue weighted by Crippen LogP contribution is 2.35. The number of hydrogen-bond acceptors (Lipinski definition) is 4. The number of halogens is 4. The molecule has 0 saturated carbocycles. The van der Waals surface area contributed by atoms with Crippen LogP contribution in [-0.2, 0) is 12.7 Å². The zero-order valence-electron chi connectivity index (χ0n) is 10.7. The fourth-order valence-corrected chi connectivity index (χ4v) is 1.90. The maximum atomic E-state index is 12.9. The van der Waals surface area contributed by atoms with Crippen molar-refractivity contribution in [2.75, 3.05) is 5.32 Å². The summed E-state index contributed by atoms with van der Waals surface area (Å²) in [6.07, 6.45) is -3.19. The number of nitrogens with one attached hydrogen (secondary N) is 1. The SMILES string of the molecule is Cc1nc(CNc2ncc(Br)cc2C(F)(F)F)oc1C. The molecule has 20 heavy (non-hydrogen) atoms. The summed E-state index contributed by atoms with van der Waals surface area (Å²) >= 11 is 2.98. The molecular formula is C12H11BrF3N3O. The fourth-order valence-electron chi connectivity index (χ4n) is 1.57. The Morgan fingerprint density at radius 2 is 2.05 bits per heavy atom. The normalized spacial score (nSPS) is 11.7. The summed E-state index contributed by atoms with van der Waals surface area (Å²) in [6, 6.07) is 0.974. The molecule has 1 N–H and O–H groups in total. The number of aromatic nitrogens is 2. The van der Waals surface area contributed by atoms with Crippen LogP contribution in [0.15, 0.2) is 21.2 Å². The average Bonchev–Trinajstić information content (AvgIpc) is 2.66. The van der Waals surface area contributed by atoms with Gasteiger partial charge in [0.15, 0.2) is 0 Å². The largest absolute Gasteiger partial charge is 0.444 e. The van der Waals surface area contributed by atoms with Crippen LogP contribution >= 0.6 is 15.9 Å². The topological polar surface area (TPSA) is 51.0 Å². The lowest BCUT2D eigenvalue weighted by Gasteiger charge is -2.12. The summed E-state index contributed by atoms with van der Waals surface area (Å²) in [7, 11) is 0. The maximum Gasteiger partial charge on any atom is 0.419 e. The highest BCUT2D eigenvalue weighted by Gasteiger charge is 2.34. The molecule has 0 amide bonds. The zero-order chi connectivity index (χ0) is 14.9. The molecule has 0 saturated heterocycles. The van der Waals surface area contributed by atoms with Crippen LogP contribution in [0.5, 0.6) is 0 Å². The number of hydrogen-bond donors (Lipinski definition) is 1. The number of pyridine rings is 1. The number of anilines is 1. The van der Waals surface area contributed by atoms with E-state index in [1.165, 1.54) is 6.20 Å². The second-order valence-electron chi connectivity index (χ2n) is 4.15. The Kier molecular flexibility index (Phi) is 4.03. The molecule has 8 heteroatoms. The van der Waals surface area contributed by atoms with Gasteiger partial charge in [0.25, 0.3) is 0 Å². The van der Waals surface area contributed by atoms with Crippen LogP contribution < -0.4 is 5.32 Å². The minimum Gasteiger partial charge on any atom is -0.444 e. The van der Waals surface area contributed by atoms with Crippen molar-refractivity contribution < 1.29 is 17.6 Å². The first-order valence-electron chi connectivity index (χ1n) is 5.67. The molecule has 0 atom stereocenters. The molecule has 0 bridgehead atoms. The smallest absolute Gasteiger partial charge is 0.419 e. The standard InChI is InChI=1S/C12H11BrF3N3O/c1-6-7(2)20-10(19-6)5-18-11-9(12(14,15)16)3-8(13)4-17-11/h3-4H,5H2,1-2H3,(H,17,18). The molecule has 2 aromatic rings. The Morgan fingerprint density at radius 1 is 1.35 bits per heavy atom. The molecule has 0 aliphatic heterocycles. The quantitative estimate of drug-likeness (QED) is 0.906. The van der Waals surface area contributed by atoms with Gasteiger partial charge in [0.05, 0.1) is 17.8 Å². The third-order valence-electron chi connectivity index (χ3n) is 2.64. The minimum absolute atomic E-state index is 0.0341. The second kappa shape index (κ2) is 5.43. The van der Waals surface area contributed by atoms with E-state index in [1.807, 2.05) is 0 Å². The number of oxazole rings is 1. The lowest BCUT2D eigenvalue weighted by Crippen LogP contribution is -2.12. The van der Waals surface area contributed by atoms with Crippen molar-refractivity contribution in [3.63, 3.8) is 0 Å². The van der Waals surface area contributed by atoms with Gasteiger partial charge in [0, 0.05) is 10.7 Å². The molecule has 0 radical (unpaired) electrons. The third-order valence-corrected chi connectivity index (χ3v) is 3.07. The zero-order valence-corrected chi connectivity index (χ0v) is 12.3. The van der Waals surface area contributed by atoms with Crippen LogP contribution in [0.4, 0.5) is 19.0 Å². The van der Waals surface area contributed by atoms with Crippen molar-refractivity contribution in [2.24, 2.45) is 0 Å². The highest BCUT2D eigenvalue weighted by molar-refractivity contribution is 9.10. The Balaban J connectivity index is 2.21. The van der Waals surface area contributed by atoms with E-state index in [9.17, 15) is 13.2 Å². The first-order chi connectivity index (χ1) is 9.27. The van der Waals surface area contributed by atoms with Crippen LogP contribution in [-0.4, -0.2) is 9.97 Å². The van der Waals surface area contributed by atoms with E-state index >= 15 is 0 Å². The Hall–Kier alpha value is -1.57. The average molecular weight is 350 g/mol. The summed E-state index contributed by atoms with van der Waals surface area (Å²) in [5.74, 6) is 0.702. The van der Waals surface area contributed by atoms with Gasteiger partial charge in [0.1, 0.15) is 11.6 Å². The van der Waals surface area contributed by atoms with Crippen molar-refractivity contribution in [3.05, 3.63) is 39.6 Å². The van der Waals surface area contributed by atoms with Gasteiger partial charge in [-0.2, -0.15) is 13.2 Å². The summed E-state index contributed by atoms with van der Waals surface area (Å²) in [6.45, 7) is 3.54. The van der Waals surface area contributed by atoms with Gasteiger partial charge in [-0.15, -0.1) is 0 Å².